The Kier molecular flexibility index (Phi) is 4.86. The van der Waals surface area contributed by atoms with Gasteiger partial charge in [-0.15, -0.1) is 0 Å². The highest BCUT2D eigenvalue weighted by Gasteiger charge is 2.30. The molecular formula is C12H19NO5. The molecule has 1 fully saturated rings. The molecule has 1 rings (SSSR count). The smallest absolute Gasteiger partial charge is 0.331 e. The van der Waals surface area contributed by atoms with Crippen molar-refractivity contribution in [3.63, 3.8) is 0 Å². The zero-order valence-corrected chi connectivity index (χ0v) is 10.7. The minimum absolute atomic E-state index is 0.00599. The van der Waals surface area contributed by atoms with Crippen LogP contribution in [0.25, 0.3) is 0 Å². The lowest BCUT2D eigenvalue weighted by molar-refractivity contribution is -0.133. The molecule has 0 aromatic heterocycles. The van der Waals surface area contributed by atoms with Crippen molar-refractivity contribution in [2.24, 2.45) is 0 Å². The molecule has 0 radical (unpaired) electrons. The number of carbonyl (C=O) groups is 2. The van der Waals surface area contributed by atoms with Crippen LogP contribution in [0.4, 0.5) is 0 Å². The summed E-state index contributed by atoms with van der Waals surface area (Å²) < 4.78 is 5.13. The van der Waals surface area contributed by atoms with Crippen LogP contribution in [0.2, 0.25) is 0 Å². The van der Waals surface area contributed by atoms with E-state index in [-0.39, 0.29) is 17.7 Å². The van der Waals surface area contributed by atoms with Crippen molar-refractivity contribution >= 4 is 11.9 Å². The fourth-order valence-corrected chi connectivity index (χ4v) is 1.64. The van der Waals surface area contributed by atoms with Crippen LogP contribution >= 0.6 is 0 Å². The third-order valence-electron chi connectivity index (χ3n) is 3.23. The van der Waals surface area contributed by atoms with Crippen molar-refractivity contribution in [3.05, 3.63) is 11.1 Å². The van der Waals surface area contributed by atoms with Gasteiger partial charge < -0.3 is 20.3 Å². The summed E-state index contributed by atoms with van der Waals surface area (Å²) in [4.78, 5) is 22.4. The molecule has 0 aromatic carbocycles. The molecule has 0 atom stereocenters. The van der Waals surface area contributed by atoms with E-state index in [1.54, 1.807) is 0 Å². The topological polar surface area (TPSA) is 95.9 Å². The van der Waals surface area contributed by atoms with Gasteiger partial charge in [-0.3, -0.25) is 4.79 Å². The van der Waals surface area contributed by atoms with Crippen LogP contribution < -0.4 is 5.32 Å². The Bertz CT molecular complexity index is 369. The highest BCUT2D eigenvalue weighted by molar-refractivity contribution is 6.01. The van der Waals surface area contributed by atoms with Crippen molar-refractivity contribution in [1.29, 1.82) is 0 Å². The van der Waals surface area contributed by atoms with Gasteiger partial charge in [-0.2, -0.15) is 0 Å². The first-order valence-corrected chi connectivity index (χ1v) is 5.85. The van der Waals surface area contributed by atoms with E-state index in [1.165, 1.54) is 13.8 Å². The lowest BCUT2D eigenvalue weighted by atomic mass is 9.94. The number of ether oxygens (including phenoxy) is 1. The normalized spacial score (nSPS) is 19.9. The summed E-state index contributed by atoms with van der Waals surface area (Å²) in [5.41, 5.74) is -0.796. The summed E-state index contributed by atoms with van der Waals surface area (Å²) in [6.07, 6.45) is 0.932. The number of amides is 1. The van der Waals surface area contributed by atoms with Crippen molar-refractivity contribution in [1.82, 2.24) is 5.32 Å². The molecule has 6 nitrogen and oxygen atoms in total. The summed E-state index contributed by atoms with van der Waals surface area (Å²) >= 11 is 0. The minimum atomic E-state index is -1.12. The third kappa shape index (κ3) is 3.82. The van der Waals surface area contributed by atoms with Gasteiger partial charge in [0.1, 0.15) is 0 Å². The number of aliphatic hydroxyl groups is 1. The molecule has 0 saturated carbocycles. The number of carboxylic acid groups (broad SMARTS) is 1. The average Bonchev–Trinajstić information content (AvgIpc) is 2.35. The predicted octanol–water partition coefficient (Wildman–Crippen LogP) is 0.0651. The second kappa shape index (κ2) is 5.97. The number of rotatable bonds is 4. The Balaban J connectivity index is 2.55. The second-order valence-electron chi connectivity index (χ2n) is 4.57. The molecular weight excluding hydrogens is 238 g/mol. The van der Waals surface area contributed by atoms with Crippen LogP contribution in [-0.2, 0) is 14.3 Å². The fourth-order valence-electron chi connectivity index (χ4n) is 1.64. The maximum atomic E-state index is 11.7. The maximum Gasteiger partial charge on any atom is 0.331 e. The lowest BCUT2D eigenvalue weighted by Gasteiger charge is -2.32. The highest BCUT2D eigenvalue weighted by atomic mass is 16.5. The molecule has 1 amide bonds. The van der Waals surface area contributed by atoms with Gasteiger partial charge in [0.25, 0.3) is 0 Å². The number of aliphatic carboxylic acids is 1. The Morgan fingerprint density at radius 3 is 2.28 bits per heavy atom. The summed E-state index contributed by atoms with van der Waals surface area (Å²) in [5.74, 6) is -1.58. The number of nitrogens with one attached hydrogen (secondary N) is 1. The van der Waals surface area contributed by atoms with E-state index in [1.807, 2.05) is 0 Å². The first kappa shape index (κ1) is 14.7. The zero-order valence-electron chi connectivity index (χ0n) is 10.7. The van der Waals surface area contributed by atoms with Crippen LogP contribution in [-0.4, -0.2) is 47.4 Å². The van der Waals surface area contributed by atoms with E-state index in [4.69, 9.17) is 9.84 Å². The van der Waals surface area contributed by atoms with Gasteiger partial charge >= 0.3 is 5.97 Å². The van der Waals surface area contributed by atoms with Crippen LogP contribution in [0.5, 0.6) is 0 Å². The fraction of sp³-hybridized carbons (Fsp3) is 0.667. The molecule has 6 heteroatoms. The van der Waals surface area contributed by atoms with Crippen molar-refractivity contribution in [2.45, 2.75) is 32.3 Å². The number of hydrogen-bond acceptors (Lipinski definition) is 4. The number of carbonyl (C=O) groups excluding carboxylic acids is 1. The molecule has 0 bridgehead atoms. The molecule has 3 N–H and O–H groups in total. The molecule has 18 heavy (non-hydrogen) atoms. The van der Waals surface area contributed by atoms with Crippen molar-refractivity contribution < 1.29 is 24.5 Å². The summed E-state index contributed by atoms with van der Waals surface area (Å²) in [5, 5.41) is 21.5. The van der Waals surface area contributed by atoms with Gasteiger partial charge in [-0.05, 0) is 13.8 Å². The minimum Gasteiger partial charge on any atom is -0.478 e. The first-order valence-electron chi connectivity index (χ1n) is 5.85. The average molecular weight is 257 g/mol. The van der Waals surface area contributed by atoms with Gasteiger partial charge in [0.05, 0.1) is 5.60 Å². The standard InChI is InChI=1S/C12H19NO5/c1-8(9(2)11(15)16)10(14)13-7-12(17)3-5-18-6-4-12/h17H,3-7H2,1-2H3,(H,13,14)(H,15,16). The lowest BCUT2D eigenvalue weighted by Crippen LogP contribution is -2.46. The predicted molar refractivity (Wildman–Crippen MR) is 64.0 cm³/mol. The van der Waals surface area contributed by atoms with Gasteiger partial charge in [0.2, 0.25) is 5.91 Å². The van der Waals surface area contributed by atoms with Gasteiger partial charge in [-0.25, -0.2) is 4.79 Å². The van der Waals surface area contributed by atoms with Gasteiger partial charge in [-0.1, -0.05) is 0 Å². The summed E-state index contributed by atoms with van der Waals surface area (Å²) in [6, 6.07) is 0. The van der Waals surface area contributed by atoms with E-state index in [2.05, 4.69) is 5.32 Å². The monoisotopic (exact) mass is 257 g/mol. The van der Waals surface area contributed by atoms with E-state index >= 15 is 0 Å². The number of carboxylic acids is 1. The second-order valence-corrected chi connectivity index (χ2v) is 4.57. The molecule has 0 aromatic rings. The maximum absolute atomic E-state index is 11.7. The van der Waals surface area contributed by atoms with E-state index < -0.39 is 17.5 Å². The largest absolute Gasteiger partial charge is 0.478 e. The molecule has 1 aliphatic rings. The Labute approximate surface area is 106 Å². The van der Waals surface area contributed by atoms with Crippen LogP contribution in [0, 0.1) is 0 Å². The SMILES string of the molecule is CC(C(=O)O)=C(C)C(=O)NCC1(O)CCOCC1. The first-order chi connectivity index (χ1) is 8.36. The quantitative estimate of drug-likeness (QED) is 0.619. The number of hydrogen-bond donors (Lipinski definition) is 3. The van der Waals surface area contributed by atoms with Crippen molar-refractivity contribution in [3.8, 4) is 0 Å². The van der Waals surface area contributed by atoms with Crippen molar-refractivity contribution in [2.75, 3.05) is 19.8 Å². The highest BCUT2D eigenvalue weighted by Crippen LogP contribution is 2.19. The summed E-state index contributed by atoms with van der Waals surface area (Å²) in [6.45, 7) is 3.87. The molecule has 0 spiro atoms. The van der Waals surface area contributed by atoms with Crippen LogP contribution in [0.1, 0.15) is 26.7 Å². The molecule has 0 aliphatic carbocycles. The third-order valence-corrected chi connectivity index (χ3v) is 3.23. The van der Waals surface area contributed by atoms with Gasteiger partial charge in [0.15, 0.2) is 0 Å². The van der Waals surface area contributed by atoms with Crippen LogP contribution in [0.3, 0.4) is 0 Å². The molecule has 1 heterocycles. The van der Waals surface area contributed by atoms with Gasteiger partial charge in [0, 0.05) is 43.7 Å². The molecule has 0 unspecified atom stereocenters. The molecule has 1 saturated heterocycles. The van der Waals surface area contributed by atoms with E-state index in [0.717, 1.165) is 0 Å². The van der Waals surface area contributed by atoms with E-state index in [0.29, 0.717) is 26.1 Å². The summed E-state index contributed by atoms with van der Waals surface area (Å²) in [7, 11) is 0. The Hall–Kier alpha value is -1.40. The zero-order chi connectivity index (χ0) is 13.8. The van der Waals surface area contributed by atoms with Crippen LogP contribution in [0.15, 0.2) is 11.1 Å². The molecule has 1 aliphatic heterocycles. The van der Waals surface area contributed by atoms with E-state index in [9.17, 15) is 14.7 Å². The Morgan fingerprint density at radius 1 is 1.22 bits per heavy atom. The Morgan fingerprint density at radius 2 is 1.78 bits per heavy atom. The molecule has 102 valence electrons.